The van der Waals surface area contributed by atoms with E-state index < -0.39 is 0 Å². The fourth-order valence-electron chi connectivity index (χ4n) is 4.67. The van der Waals surface area contributed by atoms with Crippen molar-refractivity contribution in [3.63, 3.8) is 0 Å². The van der Waals surface area contributed by atoms with Crippen LogP contribution in [0.3, 0.4) is 0 Å². The standard InChI is InChI=1S/C23H36N2O2S/c1-4-27-22(26)25-15-12-23(3,18-25)16-19(2)24-13-10-21(11-14-24)28-17-20-8-6-5-7-9-20/h5-9,19,21H,4,10-18H2,1-3H3. The molecule has 2 aliphatic heterocycles. The third-order valence-corrected chi connectivity index (χ3v) is 7.74. The third kappa shape index (κ3) is 5.90. The Morgan fingerprint density at radius 3 is 2.64 bits per heavy atom. The Balaban J connectivity index is 1.40. The highest BCUT2D eigenvalue weighted by Gasteiger charge is 2.38. The molecule has 2 fully saturated rings. The Morgan fingerprint density at radius 1 is 1.25 bits per heavy atom. The van der Waals surface area contributed by atoms with Crippen molar-refractivity contribution in [2.24, 2.45) is 5.41 Å². The molecule has 156 valence electrons. The zero-order chi connectivity index (χ0) is 20.0. The van der Waals surface area contributed by atoms with Crippen LogP contribution in [0, 0.1) is 5.41 Å². The van der Waals surface area contributed by atoms with Crippen molar-refractivity contribution >= 4 is 17.9 Å². The summed E-state index contributed by atoms with van der Waals surface area (Å²) in [7, 11) is 0. The van der Waals surface area contributed by atoms with E-state index in [-0.39, 0.29) is 11.5 Å². The van der Waals surface area contributed by atoms with Gasteiger partial charge in [-0.2, -0.15) is 11.8 Å². The monoisotopic (exact) mass is 404 g/mol. The number of carbonyl (C=O) groups is 1. The molecule has 1 aromatic rings. The summed E-state index contributed by atoms with van der Waals surface area (Å²) in [5, 5.41) is 0.782. The van der Waals surface area contributed by atoms with E-state index in [4.69, 9.17) is 4.74 Å². The summed E-state index contributed by atoms with van der Waals surface area (Å²) in [5.41, 5.74) is 1.65. The van der Waals surface area contributed by atoms with Crippen molar-refractivity contribution in [1.29, 1.82) is 0 Å². The Labute approximate surface area is 175 Å². The lowest BCUT2D eigenvalue weighted by molar-refractivity contribution is 0.102. The largest absolute Gasteiger partial charge is 0.450 e. The van der Waals surface area contributed by atoms with Crippen LogP contribution in [0.5, 0.6) is 0 Å². The number of hydrogen-bond donors (Lipinski definition) is 0. The smallest absolute Gasteiger partial charge is 0.409 e. The molecule has 0 bridgehead atoms. The number of benzene rings is 1. The first-order valence-electron chi connectivity index (χ1n) is 10.8. The molecule has 2 aliphatic rings. The molecule has 0 aliphatic carbocycles. The van der Waals surface area contributed by atoms with Gasteiger partial charge in [-0.05, 0) is 63.6 Å². The maximum absolute atomic E-state index is 12.0. The average Bonchev–Trinajstić information content (AvgIpc) is 3.09. The topological polar surface area (TPSA) is 32.8 Å². The molecule has 3 rings (SSSR count). The van der Waals surface area contributed by atoms with Gasteiger partial charge < -0.3 is 14.5 Å². The van der Waals surface area contributed by atoms with Crippen molar-refractivity contribution < 1.29 is 9.53 Å². The molecule has 2 heterocycles. The van der Waals surface area contributed by atoms with E-state index in [9.17, 15) is 4.79 Å². The second-order valence-corrected chi connectivity index (χ2v) is 10.1. The van der Waals surface area contributed by atoms with Gasteiger partial charge in [0.25, 0.3) is 0 Å². The van der Waals surface area contributed by atoms with Crippen LogP contribution >= 0.6 is 11.8 Å². The summed E-state index contributed by atoms with van der Waals surface area (Å²) in [6, 6.07) is 11.4. The number of nitrogens with zero attached hydrogens (tertiary/aromatic N) is 2. The van der Waals surface area contributed by atoms with Gasteiger partial charge in [0.15, 0.2) is 0 Å². The summed E-state index contributed by atoms with van der Waals surface area (Å²) in [6.07, 6.45) is 4.67. The van der Waals surface area contributed by atoms with Gasteiger partial charge in [0, 0.05) is 30.1 Å². The normalized spacial score (nSPS) is 25.0. The van der Waals surface area contributed by atoms with Crippen LogP contribution in [-0.2, 0) is 10.5 Å². The molecular weight excluding hydrogens is 368 g/mol. The van der Waals surface area contributed by atoms with Crippen molar-refractivity contribution in [1.82, 2.24) is 9.80 Å². The van der Waals surface area contributed by atoms with Gasteiger partial charge >= 0.3 is 6.09 Å². The molecule has 28 heavy (non-hydrogen) atoms. The highest BCUT2D eigenvalue weighted by Crippen LogP contribution is 2.37. The van der Waals surface area contributed by atoms with Crippen molar-refractivity contribution in [3.8, 4) is 0 Å². The molecule has 2 atom stereocenters. The number of rotatable bonds is 7. The van der Waals surface area contributed by atoms with Crippen LogP contribution in [0.1, 0.15) is 52.0 Å². The SMILES string of the molecule is CCOC(=O)N1CCC(C)(CC(C)N2CCC(SCc3ccccc3)CC2)C1. The molecule has 0 saturated carbocycles. The van der Waals surface area contributed by atoms with Crippen molar-refractivity contribution in [2.75, 3.05) is 32.8 Å². The summed E-state index contributed by atoms with van der Waals surface area (Å²) < 4.78 is 5.18. The summed E-state index contributed by atoms with van der Waals surface area (Å²) >= 11 is 2.12. The van der Waals surface area contributed by atoms with Gasteiger partial charge in [0.1, 0.15) is 0 Å². The zero-order valence-electron chi connectivity index (χ0n) is 17.7. The predicted octanol–water partition coefficient (Wildman–Crippen LogP) is 5.03. The molecule has 0 aromatic heterocycles. The van der Waals surface area contributed by atoms with E-state index >= 15 is 0 Å². The van der Waals surface area contributed by atoms with Crippen LogP contribution in [0.2, 0.25) is 0 Å². The van der Waals surface area contributed by atoms with E-state index in [1.807, 2.05) is 11.8 Å². The van der Waals surface area contributed by atoms with Crippen LogP contribution < -0.4 is 0 Å². The fourth-order valence-corrected chi connectivity index (χ4v) is 5.84. The number of carbonyl (C=O) groups excluding carboxylic acids is 1. The predicted molar refractivity (Wildman–Crippen MR) is 118 cm³/mol. The summed E-state index contributed by atoms with van der Waals surface area (Å²) in [6.45, 7) is 11.1. The molecule has 0 spiro atoms. The molecule has 0 N–H and O–H groups in total. The van der Waals surface area contributed by atoms with Crippen LogP contribution in [0.15, 0.2) is 30.3 Å². The van der Waals surface area contributed by atoms with Gasteiger partial charge in [0.2, 0.25) is 0 Å². The van der Waals surface area contributed by atoms with Gasteiger partial charge in [-0.3, -0.25) is 0 Å². The molecule has 1 amide bonds. The summed E-state index contributed by atoms with van der Waals surface area (Å²) in [5.74, 6) is 1.13. The van der Waals surface area contributed by atoms with E-state index in [0.29, 0.717) is 12.6 Å². The number of amides is 1. The van der Waals surface area contributed by atoms with E-state index in [2.05, 4.69) is 60.8 Å². The molecule has 2 unspecified atom stereocenters. The van der Waals surface area contributed by atoms with Crippen molar-refractivity contribution in [2.45, 2.75) is 63.5 Å². The number of likely N-dealkylation sites (tertiary alicyclic amines) is 2. The van der Waals surface area contributed by atoms with Gasteiger partial charge in [-0.15, -0.1) is 0 Å². The van der Waals surface area contributed by atoms with Crippen LogP contribution in [0.25, 0.3) is 0 Å². The van der Waals surface area contributed by atoms with Crippen LogP contribution in [-0.4, -0.2) is 60.0 Å². The number of thioether (sulfide) groups is 1. The molecule has 2 saturated heterocycles. The second-order valence-electron chi connectivity index (χ2n) is 8.77. The maximum atomic E-state index is 12.0. The van der Waals surface area contributed by atoms with Gasteiger partial charge in [0.05, 0.1) is 6.61 Å². The fraction of sp³-hybridized carbons (Fsp3) is 0.696. The first-order chi connectivity index (χ1) is 13.5. The van der Waals surface area contributed by atoms with Crippen molar-refractivity contribution in [3.05, 3.63) is 35.9 Å². The average molecular weight is 405 g/mol. The van der Waals surface area contributed by atoms with E-state index in [1.165, 1.54) is 31.5 Å². The molecule has 0 radical (unpaired) electrons. The van der Waals surface area contributed by atoms with Crippen LogP contribution in [0.4, 0.5) is 4.79 Å². The minimum absolute atomic E-state index is 0.143. The van der Waals surface area contributed by atoms with Gasteiger partial charge in [-0.25, -0.2) is 4.79 Å². The molecule has 1 aromatic carbocycles. The number of piperidine rings is 1. The first kappa shape index (κ1) is 21.5. The lowest BCUT2D eigenvalue weighted by Gasteiger charge is -2.39. The van der Waals surface area contributed by atoms with E-state index in [0.717, 1.165) is 36.9 Å². The van der Waals surface area contributed by atoms with Gasteiger partial charge in [-0.1, -0.05) is 37.3 Å². The summed E-state index contributed by atoms with van der Waals surface area (Å²) in [4.78, 5) is 16.6. The Bertz CT molecular complexity index is 618. The maximum Gasteiger partial charge on any atom is 0.409 e. The Morgan fingerprint density at radius 2 is 1.96 bits per heavy atom. The number of ether oxygens (including phenoxy) is 1. The third-order valence-electron chi connectivity index (χ3n) is 6.30. The first-order valence-corrected chi connectivity index (χ1v) is 11.9. The van der Waals surface area contributed by atoms with E-state index in [1.54, 1.807) is 0 Å². The lowest BCUT2D eigenvalue weighted by atomic mass is 9.82. The highest BCUT2D eigenvalue weighted by atomic mass is 32.2. The molecule has 4 nitrogen and oxygen atoms in total. The zero-order valence-corrected chi connectivity index (χ0v) is 18.5. The Hall–Kier alpha value is -1.20. The quantitative estimate of drug-likeness (QED) is 0.638. The second kappa shape index (κ2) is 10.0. The minimum atomic E-state index is -0.143. The number of hydrogen-bond acceptors (Lipinski definition) is 4. The molecular formula is C23H36N2O2S. The molecule has 5 heteroatoms. The highest BCUT2D eigenvalue weighted by molar-refractivity contribution is 7.99. The Kier molecular flexibility index (Phi) is 7.69. The minimum Gasteiger partial charge on any atom is -0.450 e. The lowest BCUT2D eigenvalue weighted by Crippen LogP contribution is -2.43.